The molecule has 4 rings (SSSR count). The van der Waals surface area contributed by atoms with Crippen molar-refractivity contribution >= 4 is 17.6 Å². The van der Waals surface area contributed by atoms with E-state index < -0.39 is 5.91 Å². The fourth-order valence-electron chi connectivity index (χ4n) is 4.13. The number of aryl methyl sites for hydroxylation is 1. The molecule has 0 fully saturated rings. The Morgan fingerprint density at radius 1 is 1.13 bits per heavy atom. The zero-order chi connectivity index (χ0) is 22.0. The van der Waals surface area contributed by atoms with Crippen LogP contribution in [-0.4, -0.2) is 21.7 Å². The summed E-state index contributed by atoms with van der Waals surface area (Å²) < 4.78 is 0. The first kappa shape index (κ1) is 20.1. The molecule has 1 aromatic heterocycles. The number of rotatable bonds is 5. The third kappa shape index (κ3) is 3.83. The number of nitriles is 1. The van der Waals surface area contributed by atoms with Gasteiger partial charge in [-0.3, -0.25) is 9.59 Å². The highest BCUT2D eigenvalue weighted by Gasteiger charge is 2.33. The first-order chi connectivity index (χ1) is 15.0. The zero-order valence-electron chi connectivity index (χ0n) is 16.8. The van der Waals surface area contributed by atoms with Gasteiger partial charge in [-0.05, 0) is 59.9 Å². The SMILES string of the molecule is N#Cc1ccc2c(c1)[C@H](N(Cc1ccccc1C(N)=O)C(=O)c1cccnc1N)CC2. The molecule has 154 valence electrons. The summed E-state index contributed by atoms with van der Waals surface area (Å²) in [6.45, 7) is 0.174. The van der Waals surface area contributed by atoms with Crippen LogP contribution in [0.4, 0.5) is 5.82 Å². The highest BCUT2D eigenvalue weighted by Crippen LogP contribution is 2.38. The molecular formula is C24H21N5O2. The van der Waals surface area contributed by atoms with Crippen molar-refractivity contribution in [3.63, 3.8) is 0 Å². The van der Waals surface area contributed by atoms with Gasteiger partial charge in [0.25, 0.3) is 5.91 Å². The van der Waals surface area contributed by atoms with Gasteiger partial charge in [0.1, 0.15) is 5.82 Å². The zero-order valence-corrected chi connectivity index (χ0v) is 16.8. The van der Waals surface area contributed by atoms with Crippen LogP contribution in [0.25, 0.3) is 0 Å². The monoisotopic (exact) mass is 411 g/mol. The van der Waals surface area contributed by atoms with Crippen LogP contribution in [-0.2, 0) is 13.0 Å². The van der Waals surface area contributed by atoms with Crippen LogP contribution in [0.2, 0.25) is 0 Å². The fraction of sp³-hybridized carbons (Fsp3) is 0.167. The van der Waals surface area contributed by atoms with Crippen molar-refractivity contribution in [1.82, 2.24) is 9.88 Å². The molecule has 0 radical (unpaired) electrons. The number of nitrogens with two attached hydrogens (primary N) is 2. The lowest BCUT2D eigenvalue weighted by molar-refractivity contribution is 0.0657. The maximum Gasteiger partial charge on any atom is 0.258 e. The Balaban J connectivity index is 1.80. The largest absolute Gasteiger partial charge is 0.383 e. The van der Waals surface area contributed by atoms with Crippen molar-refractivity contribution in [1.29, 1.82) is 5.26 Å². The number of carbonyl (C=O) groups excluding carboxylic acids is 2. The molecule has 1 atom stereocenters. The molecule has 1 aliphatic carbocycles. The number of nitrogens with zero attached hydrogens (tertiary/aromatic N) is 3. The van der Waals surface area contributed by atoms with E-state index in [0.717, 1.165) is 17.5 Å². The van der Waals surface area contributed by atoms with Crippen LogP contribution in [0, 0.1) is 11.3 Å². The van der Waals surface area contributed by atoms with E-state index in [0.29, 0.717) is 28.7 Å². The molecule has 0 bridgehead atoms. The van der Waals surface area contributed by atoms with Gasteiger partial charge in [0.2, 0.25) is 5.91 Å². The number of aromatic nitrogens is 1. The summed E-state index contributed by atoms with van der Waals surface area (Å²) in [7, 11) is 0. The van der Waals surface area contributed by atoms with Gasteiger partial charge in [-0.1, -0.05) is 24.3 Å². The molecule has 0 saturated carbocycles. The third-order valence-corrected chi connectivity index (χ3v) is 5.65. The Kier molecular flexibility index (Phi) is 5.37. The molecule has 2 aromatic carbocycles. The summed E-state index contributed by atoms with van der Waals surface area (Å²) >= 11 is 0. The van der Waals surface area contributed by atoms with E-state index in [2.05, 4.69) is 11.1 Å². The summed E-state index contributed by atoms with van der Waals surface area (Å²) in [4.78, 5) is 31.3. The molecule has 2 amide bonds. The summed E-state index contributed by atoms with van der Waals surface area (Å²) in [5, 5.41) is 9.34. The Bertz CT molecular complexity index is 1210. The lowest BCUT2D eigenvalue weighted by Gasteiger charge is -2.31. The lowest BCUT2D eigenvalue weighted by Crippen LogP contribution is -2.35. The molecule has 0 spiro atoms. The van der Waals surface area contributed by atoms with Crippen LogP contribution < -0.4 is 11.5 Å². The second-order valence-electron chi connectivity index (χ2n) is 7.47. The van der Waals surface area contributed by atoms with E-state index in [1.165, 1.54) is 6.20 Å². The Morgan fingerprint density at radius 3 is 2.65 bits per heavy atom. The Morgan fingerprint density at radius 2 is 1.90 bits per heavy atom. The second-order valence-corrected chi connectivity index (χ2v) is 7.47. The summed E-state index contributed by atoms with van der Waals surface area (Å²) in [6, 6.07) is 17.7. The van der Waals surface area contributed by atoms with Crippen LogP contribution in [0.15, 0.2) is 60.8 Å². The first-order valence-corrected chi connectivity index (χ1v) is 9.91. The van der Waals surface area contributed by atoms with Gasteiger partial charge in [-0.15, -0.1) is 0 Å². The normalized spacial score (nSPS) is 14.5. The summed E-state index contributed by atoms with van der Waals surface area (Å²) in [5.74, 6) is -0.697. The van der Waals surface area contributed by atoms with Crippen molar-refractivity contribution in [3.8, 4) is 6.07 Å². The van der Waals surface area contributed by atoms with Crippen molar-refractivity contribution in [2.75, 3.05) is 5.73 Å². The van der Waals surface area contributed by atoms with Crippen molar-refractivity contribution in [3.05, 3.63) is 94.2 Å². The molecule has 31 heavy (non-hydrogen) atoms. The minimum absolute atomic E-state index is 0.143. The van der Waals surface area contributed by atoms with Gasteiger partial charge >= 0.3 is 0 Å². The average molecular weight is 411 g/mol. The van der Waals surface area contributed by atoms with E-state index in [1.54, 1.807) is 47.4 Å². The minimum Gasteiger partial charge on any atom is -0.383 e. The molecule has 1 aliphatic rings. The first-order valence-electron chi connectivity index (χ1n) is 9.91. The minimum atomic E-state index is -0.553. The highest BCUT2D eigenvalue weighted by atomic mass is 16.2. The molecule has 0 aliphatic heterocycles. The number of amides is 2. The van der Waals surface area contributed by atoms with Gasteiger partial charge < -0.3 is 16.4 Å². The predicted octanol–water partition coefficient (Wildman–Crippen LogP) is 2.96. The Labute approximate surface area is 179 Å². The Hall–Kier alpha value is -4.18. The van der Waals surface area contributed by atoms with Crippen LogP contribution in [0.5, 0.6) is 0 Å². The fourth-order valence-corrected chi connectivity index (χ4v) is 4.13. The van der Waals surface area contributed by atoms with Crippen LogP contribution in [0.1, 0.15) is 55.4 Å². The molecule has 3 aromatic rings. The maximum atomic E-state index is 13.6. The third-order valence-electron chi connectivity index (χ3n) is 5.65. The van der Waals surface area contributed by atoms with Gasteiger partial charge in [0.15, 0.2) is 0 Å². The van der Waals surface area contributed by atoms with Crippen molar-refractivity contribution in [2.24, 2.45) is 5.73 Å². The lowest BCUT2D eigenvalue weighted by atomic mass is 10.0. The highest BCUT2D eigenvalue weighted by molar-refractivity contribution is 5.99. The summed E-state index contributed by atoms with van der Waals surface area (Å²) in [5.41, 5.74) is 15.4. The molecule has 4 N–H and O–H groups in total. The smallest absolute Gasteiger partial charge is 0.258 e. The second kappa shape index (κ2) is 8.28. The van der Waals surface area contributed by atoms with Crippen molar-refractivity contribution < 1.29 is 9.59 Å². The number of primary amides is 1. The van der Waals surface area contributed by atoms with Gasteiger partial charge in [-0.25, -0.2) is 4.98 Å². The van der Waals surface area contributed by atoms with Crippen LogP contribution in [0.3, 0.4) is 0 Å². The number of benzene rings is 2. The van der Waals surface area contributed by atoms with Crippen LogP contribution >= 0.6 is 0 Å². The number of nitrogen functional groups attached to an aromatic ring is 1. The van der Waals surface area contributed by atoms with E-state index in [9.17, 15) is 14.9 Å². The molecule has 7 nitrogen and oxygen atoms in total. The average Bonchev–Trinajstić information content (AvgIpc) is 3.20. The number of pyridine rings is 1. The predicted molar refractivity (Wildman–Crippen MR) is 116 cm³/mol. The number of fused-ring (bicyclic) bond motifs is 1. The molecule has 0 unspecified atom stereocenters. The van der Waals surface area contributed by atoms with E-state index >= 15 is 0 Å². The van der Waals surface area contributed by atoms with Gasteiger partial charge in [0.05, 0.1) is 23.2 Å². The standard InChI is InChI=1S/C24H21N5O2/c25-13-15-7-8-16-9-10-21(20(16)12-15)29(24(31)19-6-3-11-28-22(19)26)14-17-4-1-2-5-18(17)23(27)30/h1-8,11-12,21H,9-10,14H2,(H2,26,28)(H2,27,30)/t21-/m1/s1. The van der Waals surface area contributed by atoms with Gasteiger partial charge in [-0.2, -0.15) is 5.26 Å². The number of carbonyl (C=O) groups is 2. The molecule has 1 heterocycles. The van der Waals surface area contributed by atoms with E-state index in [-0.39, 0.29) is 24.3 Å². The van der Waals surface area contributed by atoms with E-state index in [1.807, 2.05) is 12.1 Å². The van der Waals surface area contributed by atoms with E-state index in [4.69, 9.17) is 11.5 Å². The van der Waals surface area contributed by atoms with Crippen molar-refractivity contribution in [2.45, 2.75) is 25.4 Å². The molecular weight excluding hydrogens is 390 g/mol. The number of hydrogen-bond donors (Lipinski definition) is 2. The topological polar surface area (TPSA) is 126 Å². The summed E-state index contributed by atoms with van der Waals surface area (Å²) in [6.07, 6.45) is 3.02. The number of anilines is 1. The van der Waals surface area contributed by atoms with Gasteiger partial charge in [0, 0.05) is 18.3 Å². The number of hydrogen-bond acceptors (Lipinski definition) is 5. The molecule has 0 saturated heterocycles. The maximum absolute atomic E-state index is 13.6. The quantitative estimate of drug-likeness (QED) is 0.667. The molecule has 7 heteroatoms.